The molecule has 5 nitrogen and oxygen atoms in total. The highest BCUT2D eigenvalue weighted by molar-refractivity contribution is 6.32. The molecule has 0 unspecified atom stereocenters. The largest absolute Gasteiger partial charge is 0.506 e. The Bertz CT molecular complexity index is 719. The number of ketones is 2. The Balaban J connectivity index is 2.57. The van der Waals surface area contributed by atoms with E-state index in [0.29, 0.717) is 16.1 Å². The van der Waals surface area contributed by atoms with Crippen molar-refractivity contribution in [2.45, 2.75) is 26.2 Å². The fourth-order valence-electron chi connectivity index (χ4n) is 2.44. The number of nitrogens with one attached hydrogen (secondary N) is 1. The van der Waals surface area contributed by atoms with Crippen LogP contribution in [0.15, 0.2) is 23.8 Å². The predicted octanol–water partition coefficient (Wildman–Crippen LogP) is 2.17. The van der Waals surface area contributed by atoms with Gasteiger partial charge in [-0.25, -0.2) is 0 Å². The summed E-state index contributed by atoms with van der Waals surface area (Å²) in [5.41, 5.74) is -0.372. The van der Waals surface area contributed by atoms with Crippen LogP contribution in [-0.2, 0) is 19.8 Å². The monoisotopic (exact) mass is 321 g/mol. The van der Waals surface area contributed by atoms with E-state index in [2.05, 4.69) is 5.32 Å². The maximum Gasteiger partial charge on any atom is 0.259 e. The number of hydrogen-bond donors (Lipinski definition) is 2. The number of hydrogen-bond acceptors (Lipinski definition) is 4. The van der Waals surface area contributed by atoms with Crippen molar-refractivity contribution in [3.63, 3.8) is 0 Å². The van der Waals surface area contributed by atoms with Gasteiger partial charge >= 0.3 is 0 Å². The van der Waals surface area contributed by atoms with E-state index >= 15 is 0 Å². The van der Waals surface area contributed by atoms with Crippen molar-refractivity contribution in [2.75, 3.05) is 6.54 Å². The van der Waals surface area contributed by atoms with Crippen molar-refractivity contribution in [3.8, 4) is 0 Å². The minimum absolute atomic E-state index is 0.203. The minimum atomic E-state index is -0.977. The molecule has 0 aromatic heterocycles. The maximum absolute atomic E-state index is 12.6. The van der Waals surface area contributed by atoms with Crippen LogP contribution in [0.25, 0.3) is 5.76 Å². The standard InChI is InChI=1S/C16H16ClNO4/c1-8(19)7-18-15(22)12-13(20)10-6-9(17)4-5-11(10)16(2,3)14(12)21/h4-6,20H,7H2,1-3H3,(H,18,22). The number of amides is 1. The number of fused-ring (bicyclic) bond motifs is 1. The first kappa shape index (κ1) is 16.2. The van der Waals surface area contributed by atoms with Crippen LogP contribution in [0, 0.1) is 0 Å². The van der Waals surface area contributed by atoms with Crippen molar-refractivity contribution < 1.29 is 19.5 Å². The Morgan fingerprint density at radius 1 is 1.32 bits per heavy atom. The van der Waals surface area contributed by atoms with Gasteiger partial charge in [0.15, 0.2) is 5.78 Å². The summed E-state index contributed by atoms with van der Waals surface area (Å²) < 4.78 is 0. The van der Waals surface area contributed by atoms with Gasteiger partial charge in [-0.1, -0.05) is 17.7 Å². The average Bonchev–Trinajstić information content (AvgIpc) is 2.43. The van der Waals surface area contributed by atoms with Crippen LogP contribution in [0.2, 0.25) is 5.02 Å². The first-order valence-corrected chi connectivity index (χ1v) is 7.10. The summed E-state index contributed by atoms with van der Waals surface area (Å²) in [4.78, 5) is 35.7. The molecule has 0 heterocycles. The van der Waals surface area contributed by atoms with Crippen LogP contribution >= 0.6 is 11.6 Å². The molecule has 22 heavy (non-hydrogen) atoms. The van der Waals surface area contributed by atoms with Crippen molar-refractivity contribution >= 4 is 34.8 Å². The van der Waals surface area contributed by atoms with Crippen LogP contribution < -0.4 is 5.32 Å². The molecule has 0 fully saturated rings. The summed E-state index contributed by atoms with van der Waals surface area (Å²) in [6.07, 6.45) is 0. The van der Waals surface area contributed by atoms with Crippen LogP contribution in [0.5, 0.6) is 0 Å². The second-order valence-electron chi connectivity index (χ2n) is 5.75. The normalized spacial score (nSPS) is 16.3. The van der Waals surface area contributed by atoms with E-state index in [9.17, 15) is 19.5 Å². The molecule has 0 saturated heterocycles. The van der Waals surface area contributed by atoms with E-state index < -0.39 is 22.9 Å². The van der Waals surface area contributed by atoms with Gasteiger partial charge in [0, 0.05) is 10.6 Å². The molecule has 116 valence electrons. The van der Waals surface area contributed by atoms with Crippen LogP contribution in [0.4, 0.5) is 0 Å². The van der Waals surface area contributed by atoms with Gasteiger partial charge in [0.05, 0.1) is 12.0 Å². The number of halogens is 1. The summed E-state index contributed by atoms with van der Waals surface area (Å²) in [5, 5.41) is 13.1. The number of aliphatic hydroxyl groups is 1. The van der Waals surface area contributed by atoms with Gasteiger partial charge in [-0.2, -0.15) is 0 Å². The zero-order valence-electron chi connectivity index (χ0n) is 12.5. The molecule has 1 amide bonds. The average molecular weight is 322 g/mol. The Hall–Kier alpha value is -2.14. The molecule has 0 aliphatic heterocycles. The van der Waals surface area contributed by atoms with E-state index in [0.717, 1.165) is 0 Å². The van der Waals surface area contributed by atoms with E-state index in [1.54, 1.807) is 26.0 Å². The van der Waals surface area contributed by atoms with Crippen LogP contribution in [-0.4, -0.2) is 29.1 Å². The predicted molar refractivity (Wildman–Crippen MR) is 82.7 cm³/mol. The highest BCUT2D eigenvalue weighted by Gasteiger charge is 2.43. The first-order chi connectivity index (χ1) is 10.2. The van der Waals surface area contributed by atoms with E-state index in [1.807, 2.05) is 0 Å². The molecular weight excluding hydrogens is 306 g/mol. The topological polar surface area (TPSA) is 83.5 Å². The molecule has 6 heteroatoms. The summed E-state index contributed by atoms with van der Waals surface area (Å²) in [6.45, 7) is 4.46. The van der Waals surface area contributed by atoms with Crippen molar-refractivity contribution in [3.05, 3.63) is 39.9 Å². The lowest BCUT2D eigenvalue weighted by Gasteiger charge is -2.31. The summed E-state index contributed by atoms with van der Waals surface area (Å²) >= 11 is 5.94. The molecule has 0 saturated carbocycles. The summed E-state index contributed by atoms with van der Waals surface area (Å²) in [5.74, 6) is -1.93. The first-order valence-electron chi connectivity index (χ1n) is 6.72. The van der Waals surface area contributed by atoms with Gasteiger partial charge in [-0.3, -0.25) is 14.4 Å². The van der Waals surface area contributed by atoms with Crippen molar-refractivity contribution in [1.82, 2.24) is 5.32 Å². The lowest BCUT2D eigenvalue weighted by molar-refractivity contribution is -0.126. The number of rotatable bonds is 3. The second-order valence-corrected chi connectivity index (χ2v) is 6.19. The van der Waals surface area contributed by atoms with Gasteiger partial charge in [-0.15, -0.1) is 0 Å². The van der Waals surface area contributed by atoms with Gasteiger partial charge in [0.25, 0.3) is 5.91 Å². The minimum Gasteiger partial charge on any atom is -0.506 e. The highest BCUT2D eigenvalue weighted by Crippen LogP contribution is 2.40. The van der Waals surface area contributed by atoms with Crippen molar-refractivity contribution in [2.24, 2.45) is 0 Å². The Morgan fingerprint density at radius 2 is 1.95 bits per heavy atom. The third kappa shape index (κ3) is 2.64. The number of aliphatic hydroxyl groups excluding tert-OH is 1. The molecule has 1 aliphatic carbocycles. The smallest absolute Gasteiger partial charge is 0.259 e. The molecule has 1 aromatic rings. The fourth-order valence-corrected chi connectivity index (χ4v) is 2.61. The molecule has 0 radical (unpaired) electrons. The molecule has 0 atom stereocenters. The zero-order chi connectivity index (χ0) is 16.7. The maximum atomic E-state index is 12.6. The van der Waals surface area contributed by atoms with Gasteiger partial charge in [0.2, 0.25) is 0 Å². The van der Waals surface area contributed by atoms with E-state index in [4.69, 9.17) is 11.6 Å². The zero-order valence-corrected chi connectivity index (χ0v) is 13.2. The van der Waals surface area contributed by atoms with Gasteiger partial charge in [-0.05, 0) is 38.5 Å². The molecule has 1 aromatic carbocycles. The number of Topliss-reactive ketones (excluding diaryl/α,β-unsaturated/α-hetero) is 2. The van der Waals surface area contributed by atoms with Gasteiger partial charge in [0.1, 0.15) is 17.1 Å². The lowest BCUT2D eigenvalue weighted by atomic mass is 9.71. The molecule has 2 rings (SSSR count). The third-order valence-corrected chi connectivity index (χ3v) is 3.90. The molecule has 0 spiro atoms. The van der Waals surface area contributed by atoms with E-state index in [1.165, 1.54) is 13.0 Å². The third-order valence-electron chi connectivity index (χ3n) is 3.67. The Labute approximate surface area is 133 Å². The van der Waals surface area contributed by atoms with Crippen molar-refractivity contribution in [1.29, 1.82) is 0 Å². The van der Waals surface area contributed by atoms with Crippen LogP contribution in [0.3, 0.4) is 0 Å². The fraction of sp³-hybridized carbons (Fsp3) is 0.312. The van der Waals surface area contributed by atoms with Gasteiger partial charge < -0.3 is 10.4 Å². The molecule has 2 N–H and O–H groups in total. The summed E-state index contributed by atoms with van der Waals surface area (Å²) in [6, 6.07) is 4.80. The second kappa shape index (κ2) is 5.57. The lowest BCUT2D eigenvalue weighted by Crippen LogP contribution is -2.42. The SMILES string of the molecule is CC(=O)CNC(=O)C1=C(O)c2cc(Cl)ccc2C(C)(C)C1=O. The number of carbonyl (C=O) groups is 3. The number of benzene rings is 1. The highest BCUT2D eigenvalue weighted by atomic mass is 35.5. The van der Waals surface area contributed by atoms with Crippen LogP contribution in [0.1, 0.15) is 31.9 Å². The van der Waals surface area contributed by atoms with E-state index in [-0.39, 0.29) is 17.9 Å². The number of carbonyl (C=O) groups excluding carboxylic acids is 3. The summed E-state index contributed by atoms with van der Waals surface area (Å²) in [7, 11) is 0. The Morgan fingerprint density at radius 3 is 2.55 bits per heavy atom. The molecule has 0 bridgehead atoms. The molecule has 1 aliphatic rings. The Kier molecular flexibility index (Phi) is 4.11. The molecular formula is C16H16ClNO4. The quantitative estimate of drug-likeness (QED) is 0.836.